The smallest absolute Gasteiger partial charge is 0.227 e. The molecule has 1 aliphatic heterocycles. The summed E-state index contributed by atoms with van der Waals surface area (Å²) in [5, 5.41) is -0.135. The average Bonchev–Trinajstić information content (AvgIpc) is 2.92. The number of halogens is 2. The van der Waals surface area contributed by atoms with Gasteiger partial charge in [-0.2, -0.15) is 11.8 Å². The molecule has 0 aromatic heterocycles. The summed E-state index contributed by atoms with van der Waals surface area (Å²) >= 11 is 1.58. The molecule has 1 atom stereocenters. The molecule has 1 saturated heterocycles. The summed E-state index contributed by atoms with van der Waals surface area (Å²) in [4.78, 5) is 14.5. The fourth-order valence-corrected chi connectivity index (χ4v) is 4.43. The van der Waals surface area contributed by atoms with Crippen molar-refractivity contribution in [1.29, 1.82) is 0 Å². The standard InChI is InChI=1S/C21H23F2NO2S/c1-2-26-17-6-3-15(4-7-17)13-21(25)24-10-9-20(27-12-11-24)18-14-16(22)5-8-19(18)23/h3-8,14,20H,2,9-13H2,1H3. The Labute approximate surface area is 162 Å². The minimum atomic E-state index is -0.431. The van der Waals surface area contributed by atoms with E-state index in [9.17, 15) is 13.6 Å². The predicted molar refractivity (Wildman–Crippen MR) is 104 cm³/mol. The van der Waals surface area contributed by atoms with Gasteiger partial charge in [-0.1, -0.05) is 12.1 Å². The first-order valence-electron chi connectivity index (χ1n) is 9.13. The van der Waals surface area contributed by atoms with Gasteiger partial charge in [0.15, 0.2) is 0 Å². The van der Waals surface area contributed by atoms with Gasteiger partial charge in [0.05, 0.1) is 13.0 Å². The summed E-state index contributed by atoms with van der Waals surface area (Å²) in [6.45, 7) is 3.70. The van der Waals surface area contributed by atoms with E-state index in [-0.39, 0.29) is 17.0 Å². The van der Waals surface area contributed by atoms with Gasteiger partial charge in [-0.05, 0) is 49.2 Å². The lowest BCUT2D eigenvalue weighted by Crippen LogP contribution is -2.34. The maximum atomic E-state index is 14.0. The van der Waals surface area contributed by atoms with Gasteiger partial charge in [0.1, 0.15) is 17.4 Å². The maximum absolute atomic E-state index is 14.0. The second-order valence-electron chi connectivity index (χ2n) is 6.45. The van der Waals surface area contributed by atoms with Crippen molar-refractivity contribution in [3.05, 3.63) is 65.2 Å². The fraction of sp³-hybridized carbons (Fsp3) is 0.381. The van der Waals surface area contributed by atoms with Crippen LogP contribution in [0.15, 0.2) is 42.5 Å². The molecule has 0 N–H and O–H groups in total. The van der Waals surface area contributed by atoms with Crippen LogP contribution >= 0.6 is 11.8 Å². The van der Waals surface area contributed by atoms with E-state index in [4.69, 9.17) is 4.74 Å². The Hall–Kier alpha value is -2.08. The van der Waals surface area contributed by atoms with Gasteiger partial charge in [0.2, 0.25) is 5.91 Å². The third-order valence-corrected chi connectivity index (χ3v) is 5.90. The zero-order chi connectivity index (χ0) is 19.2. The molecule has 1 unspecified atom stereocenters. The van der Waals surface area contributed by atoms with Crippen molar-refractivity contribution in [3.8, 4) is 5.75 Å². The molecule has 1 heterocycles. The van der Waals surface area contributed by atoms with E-state index in [0.29, 0.717) is 43.9 Å². The van der Waals surface area contributed by atoms with Crippen LogP contribution in [0.4, 0.5) is 8.78 Å². The molecule has 3 rings (SSSR count). The number of thioether (sulfide) groups is 1. The monoisotopic (exact) mass is 391 g/mol. The summed E-state index contributed by atoms with van der Waals surface area (Å²) in [7, 11) is 0. The number of carbonyl (C=O) groups excluding carboxylic acids is 1. The van der Waals surface area contributed by atoms with E-state index < -0.39 is 5.82 Å². The van der Waals surface area contributed by atoms with Crippen LogP contribution in [0.2, 0.25) is 0 Å². The number of hydrogen-bond donors (Lipinski definition) is 0. The Balaban J connectivity index is 1.60. The van der Waals surface area contributed by atoms with Gasteiger partial charge in [0.25, 0.3) is 0 Å². The largest absolute Gasteiger partial charge is 0.494 e. The molecule has 144 valence electrons. The van der Waals surface area contributed by atoms with Gasteiger partial charge >= 0.3 is 0 Å². The third-order valence-electron chi connectivity index (χ3n) is 4.59. The summed E-state index contributed by atoms with van der Waals surface area (Å²) in [5.41, 5.74) is 1.33. The van der Waals surface area contributed by atoms with Crippen molar-refractivity contribution in [3.63, 3.8) is 0 Å². The van der Waals surface area contributed by atoms with E-state index >= 15 is 0 Å². The Morgan fingerprint density at radius 2 is 1.96 bits per heavy atom. The topological polar surface area (TPSA) is 29.5 Å². The minimum Gasteiger partial charge on any atom is -0.494 e. The summed E-state index contributed by atoms with van der Waals surface area (Å²) in [6.07, 6.45) is 0.941. The van der Waals surface area contributed by atoms with Crippen molar-refractivity contribution < 1.29 is 18.3 Å². The second kappa shape index (κ2) is 9.22. The zero-order valence-electron chi connectivity index (χ0n) is 15.3. The number of carbonyl (C=O) groups is 1. The van der Waals surface area contributed by atoms with Crippen molar-refractivity contribution >= 4 is 17.7 Å². The molecule has 0 saturated carbocycles. The van der Waals surface area contributed by atoms with E-state index in [1.807, 2.05) is 36.1 Å². The molecule has 1 amide bonds. The van der Waals surface area contributed by atoms with Crippen molar-refractivity contribution in [2.75, 3.05) is 25.4 Å². The molecule has 1 aliphatic rings. The molecular weight excluding hydrogens is 368 g/mol. The molecule has 6 heteroatoms. The van der Waals surface area contributed by atoms with Crippen LogP contribution in [-0.2, 0) is 11.2 Å². The first-order valence-corrected chi connectivity index (χ1v) is 10.2. The normalized spacial score (nSPS) is 17.4. The second-order valence-corrected chi connectivity index (χ2v) is 7.76. The number of ether oxygens (including phenoxy) is 1. The zero-order valence-corrected chi connectivity index (χ0v) is 16.1. The Morgan fingerprint density at radius 1 is 1.19 bits per heavy atom. The third kappa shape index (κ3) is 5.22. The average molecular weight is 391 g/mol. The van der Waals surface area contributed by atoms with Crippen LogP contribution in [0.25, 0.3) is 0 Å². The first kappa shape index (κ1) is 19.7. The van der Waals surface area contributed by atoms with Gasteiger partial charge < -0.3 is 9.64 Å². The molecular formula is C21H23F2NO2S. The van der Waals surface area contributed by atoms with Crippen molar-refractivity contribution in [2.24, 2.45) is 0 Å². The van der Waals surface area contributed by atoms with Crippen LogP contribution < -0.4 is 4.74 Å². The van der Waals surface area contributed by atoms with Crippen molar-refractivity contribution in [1.82, 2.24) is 4.90 Å². The molecule has 2 aromatic carbocycles. The first-order chi connectivity index (χ1) is 13.1. The summed E-state index contributed by atoms with van der Waals surface area (Å²) in [6, 6.07) is 11.1. The molecule has 1 fully saturated rings. The van der Waals surface area contributed by atoms with E-state index in [1.165, 1.54) is 12.1 Å². The number of rotatable bonds is 5. The van der Waals surface area contributed by atoms with Gasteiger partial charge in [0, 0.05) is 29.7 Å². The number of amides is 1. The highest BCUT2D eigenvalue weighted by Crippen LogP contribution is 2.36. The van der Waals surface area contributed by atoms with Crippen molar-refractivity contribution in [2.45, 2.75) is 25.0 Å². The van der Waals surface area contributed by atoms with E-state index in [2.05, 4.69) is 0 Å². The number of benzene rings is 2. The molecule has 0 radical (unpaired) electrons. The van der Waals surface area contributed by atoms with Crippen LogP contribution in [-0.4, -0.2) is 36.3 Å². The lowest BCUT2D eigenvalue weighted by molar-refractivity contribution is -0.130. The highest BCUT2D eigenvalue weighted by atomic mass is 32.2. The summed E-state index contributed by atoms with van der Waals surface area (Å²) in [5.74, 6) is 0.734. The van der Waals surface area contributed by atoms with Gasteiger partial charge in [-0.15, -0.1) is 0 Å². The Kier molecular flexibility index (Phi) is 6.72. The summed E-state index contributed by atoms with van der Waals surface area (Å²) < 4.78 is 32.9. The van der Waals surface area contributed by atoms with Crippen LogP contribution in [0.3, 0.4) is 0 Å². The van der Waals surface area contributed by atoms with Gasteiger partial charge in [-0.25, -0.2) is 8.78 Å². The molecule has 27 heavy (non-hydrogen) atoms. The van der Waals surface area contributed by atoms with Crippen LogP contribution in [0, 0.1) is 11.6 Å². The van der Waals surface area contributed by atoms with Crippen LogP contribution in [0.1, 0.15) is 29.7 Å². The highest BCUT2D eigenvalue weighted by Gasteiger charge is 2.24. The lowest BCUT2D eigenvalue weighted by atomic mass is 10.1. The Bertz CT molecular complexity index is 782. The molecule has 0 bridgehead atoms. The molecule has 2 aromatic rings. The fourth-order valence-electron chi connectivity index (χ4n) is 3.19. The molecule has 0 spiro atoms. The van der Waals surface area contributed by atoms with E-state index in [0.717, 1.165) is 17.4 Å². The SMILES string of the molecule is CCOc1ccc(CC(=O)N2CCSC(c3cc(F)ccc3F)CC2)cc1. The maximum Gasteiger partial charge on any atom is 0.227 e. The minimum absolute atomic E-state index is 0.0557. The highest BCUT2D eigenvalue weighted by molar-refractivity contribution is 7.99. The molecule has 0 aliphatic carbocycles. The van der Waals surface area contributed by atoms with E-state index in [1.54, 1.807) is 11.8 Å². The van der Waals surface area contributed by atoms with Crippen LogP contribution in [0.5, 0.6) is 5.75 Å². The number of hydrogen-bond acceptors (Lipinski definition) is 3. The molecule has 3 nitrogen and oxygen atoms in total. The lowest BCUT2D eigenvalue weighted by Gasteiger charge is -2.20. The van der Waals surface area contributed by atoms with Gasteiger partial charge in [-0.3, -0.25) is 4.79 Å². The number of nitrogens with zero attached hydrogens (tertiary/aromatic N) is 1. The quantitative estimate of drug-likeness (QED) is 0.745. The predicted octanol–water partition coefficient (Wildman–Crippen LogP) is 4.61. The Morgan fingerprint density at radius 3 is 2.70 bits per heavy atom.